The van der Waals surface area contributed by atoms with Gasteiger partial charge in [-0.2, -0.15) is 0 Å². The highest BCUT2D eigenvalue weighted by Crippen LogP contribution is 2.30. The molecule has 0 atom stereocenters. The number of carbonyl (C=O) groups is 1. The van der Waals surface area contributed by atoms with Crippen LogP contribution in [0, 0.1) is 11.7 Å². The van der Waals surface area contributed by atoms with Gasteiger partial charge in [-0.05, 0) is 34.8 Å². The quantitative estimate of drug-likeness (QED) is 0.827. The molecule has 1 aromatic rings. The van der Waals surface area contributed by atoms with Crippen LogP contribution >= 0.6 is 15.9 Å². The van der Waals surface area contributed by atoms with Gasteiger partial charge in [0.1, 0.15) is 11.6 Å². The molecule has 1 aromatic heterocycles. The zero-order chi connectivity index (χ0) is 11.3. The summed E-state index contributed by atoms with van der Waals surface area (Å²) in [6.07, 6.45) is 5.87. The molecule has 82 valence electrons. The molecule has 0 aliphatic heterocycles. The lowest BCUT2D eigenvalue weighted by atomic mass is 10.2. The Morgan fingerprint density at radius 1 is 1.67 bits per heavy atom. The Morgan fingerprint density at radius 2 is 2.33 bits per heavy atom. The number of hydrogen-bond acceptors (Lipinski definition) is 2. The van der Waals surface area contributed by atoms with Gasteiger partial charge in [0, 0.05) is 24.7 Å². The SMILES string of the molecule is CCC(=O)C1CC1.Fc1ccncc1Br. The fraction of sp³-hybridized carbons (Fsp3) is 0.455. The highest BCUT2D eigenvalue weighted by Gasteiger charge is 2.27. The summed E-state index contributed by atoms with van der Waals surface area (Å²) in [4.78, 5) is 14.2. The molecule has 0 radical (unpaired) electrons. The summed E-state index contributed by atoms with van der Waals surface area (Å²) in [5, 5.41) is 0. The van der Waals surface area contributed by atoms with Gasteiger partial charge >= 0.3 is 0 Å². The van der Waals surface area contributed by atoms with Crippen molar-refractivity contribution in [2.24, 2.45) is 5.92 Å². The van der Waals surface area contributed by atoms with Crippen molar-refractivity contribution in [3.63, 3.8) is 0 Å². The second-order valence-corrected chi connectivity index (χ2v) is 4.24. The lowest BCUT2D eigenvalue weighted by Crippen LogP contribution is -1.95. The smallest absolute Gasteiger partial charge is 0.140 e. The summed E-state index contributed by atoms with van der Waals surface area (Å²) in [5.74, 6) is 0.657. The maximum atomic E-state index is 12.2. The van der Waals surface area contributed by atoms with E-state index in [-0.39, 0.29) is 5.82 Å². The Labute approximate surface area is 97.0 Å². The highest BCUT2D eigenvalue weighted by molar-refractivity contribution is 9.10. The van der Waals surface area contributed by atoms with Crippen molar-refractivity contribution in [1.82, 2.24) is 4.98 Å². The molecule has 1 aliphatic carbocycles. The highest BCUT2D eigenvalue weighted by atomic mass is 79.9. The fourth-order valence-corrected chi connectivity index (χ4v) is 1.30. The first kappa shape index (κ1) is 12.3. The van der Waals surface area contributed by atoms with Crippen LogP contribution < -0.4 is 0 Å². The molecule has 0 amide bonds. The number of pyridine rings is 1. The third-order valence-electron chi connectivity index (χ3n) is 2.10. The molecule has 2 rings (SSSR count). The number of Topliss-reactive ketones (excluding diaryl/α,β-unsaturated/α-hetero) is 1. The molecule has 0 bridgehead atoms. The summed E-state index contributed by atoms with van der Waals surface area (Å²) in [6.45, 7) is 1.93. The first-order chi connectivity index (χ1) is 7.15. The van der Waals surface area contributed by atoms with Gasteiger partial charge in [0.15, 0.2) is 0 Å². The molecule has 0 N–H and O–H groups in total. The summed E-state index contributed by atoms with van der Waals surface area (Å²) in [7, 11) is 0. The van der Waals surface area contributed by atoms with Crippen LogP contribution in [0.3, 0.4) is 0 Å². The van der Waals surface area contributed by atoms with E-state index in [2.05, 4.69) is 20.9 Å². The van der Waals surface area contributed by atoms with E-state index in [0.29, 0.717) is 16.2 Å². The Balaban J connectivity index is 0.000000151. The van der Waals surface area contributed by atoms with Crippen molar-refractivity contribution in [1.29, 1.82) is 0 Å². The lowest BCUT2D eigenvalue weighted by molar-refractivity contribution is -0.119. The first-order valence-electron chi connectivity index (χ1n) is 4.93. The number of aromatic nitrogens is 1. The van der Waals surface area contributed by atoms with Crippen molar-refractivity contribution in [3.05, 3.63) is 28.7 Å². The van der Waals surface area contributed by atoms with Crippen LogP contribution in [-0.4, -0.2) is 10.8 Å². The van der Waals surface area contributed by atoms with E-state index in [9.17, 15) is 9.18 Å². The van der Waals surface area contributed by atoms with E-state index in [0.717, 1.165) is 19.3 Å². The average Bonchev–Trinajstić information content (AvgIpc) is 3.06. The van der Waals surface area contributed by atoms with Gasteiger partial charge in [-0.3, -0.25) is 9.78 Å². The molecule has 0 aromatic carbocycles. The van der Waals surface area contributed by atoms with Gasteiger partial charge in [0.05, 0.1) is 4.47 Å². The van der Waals surface area contributed by atoms with Crippen molar-refractivity contribution in [2.45, 2.75) is 26.2 Å². The van der Waals surface area contributed by atoms with Crippen LogP contribution in [0.4, 0.5) is 4.39 Å². The molecule has 4 heteroatoms. The summed E-state index contributed by atoms with van der Waals surface area (Å²) in [6, 6.07) is 1.30. The average molecular weight is 274 g/mol. The van der Waals surface area contributed by atoms with Crippen molar-refractivity contribution < 1.29 is 9.18 Å². The van der Waals surface area contributed by atoms with Gasteiger partial charge in [-0.15, -0.1) is 0 Å². The summed E-state index contributed by atoms with van der Waals surface area (Å²) < 4.78 is 12.6. The predicted molar refractivity (Wildman–Crippen MR) is 59.9 cm³/mol. The third kappa shape index (κ3) is 4.51. The number of nitrogens with zero attached hydrogens (tertiary/aromatic N) is 1. The number of rotatable bonds is 2. The molecule has 0 saturated heterocycles. The molecule has 2 nitrogen and oxygen atoms in total. The van der Waals surface area contributed by atoms with E-state index in [1.165, 1.54) is 18.5 Å². The lowest BCUT2D eigenvalue weighted by Gasteiger charge is -1.86. The largest absolute Gasteiger partial charge is 0.299 e. The van der Waals surface area contributed by atoms with Crippen molar-refractivity contribution in [2.75, 3.05) is 0 Å². The van der Waals surface area contributed by atoms with Crippen LogP contribution in [0.2, 0.25) is 0 Å². The first-order valence-corrected chi connectivity index (χ1v) is 5.72. The van der Waals surface area contributed by atoms with Gasteiger partial charge < -0.3 is 0 Å². The Bertz CT molecular complexity index is 318. The van der Waals surface area contributed by atoms with Crippen molar-refractivity contribution in [3.8, 4) is 0 Å². The minimum absolute atomic E-state index is 0.278. The van der Waals surface area contributed by atoms with E-state index < -0.39 is 0 Å². The maximum absolute atomic E-state index is 12.2. The normalized spacial score (nSPS) is 14.1. The van der Waals surface area contributed by atoms with Crippen LogP contribution in [0.25, 0.3) is 0 Å². The maximum Gasteiger partial charge on any atom is 0.140 e. The molecule has 0 unspecified atom stereocenters. The molecule has 1 heterocycles. The minimum atomic E-state index is -0.278. The van der Waals surface area contributed by atoms with E-state index >= 15 is 0 Å². The number of hydrogen-bond donors (Lipinski definition) is 0. The van der Waals surface area contributed by atoms with E-state index in [1.54, 1.807) is 0 Å². The Morgan fingerprint density at radius 3 is 2.60 bits per heavy atom. The topological polar surface area (TPSA) is 30.0 Å². The molecule has 1 saturated carbocycles. The predicted octanol–water partition coefficient (Wildman–Crippen LogP) is 3.36. The standard InChI is InChI=1S/C6H10O.C5H3BrFN/c1-2-6(7)5-3-4-5;6-4-3-8-2-1-5(4)7/h5H,2-4H2,1H3;1-3H. The number of ketones is 1. The molecule has 1 fully saturated rings. The molecule has 1 aliphatic rings. The zero-order valence-electron chi connectivity index (χ0n) is 8.54. The van der Waals surface area contributed by atoms with E-state index in [1.807, 2.05) is 6.92 Å². The van der Waals surface area contributed by atoms with Gasteiger partial charge in [0.2, 0.25) is 0 Å². The molecule has 15 heavy (non-hydrogen) atoms. The second-order valence-electron chi connectivity index (χ2n) is 3.38. The van der Waals surface area contributed by atoms with Gasteiger partial charge in [-0.25, -0.2) is 4.39 Å². The van der Waals surface area contributed by atoms with Crippen LogP contribution in [-0.2, 0) is 4.79 Å². The number of carbonyl (C=O) groups excluding carboxylic acids is 1. The zero-order valence-corrected chi connectivity index (χ0v) is 10.1. The minimum Gasteiger partial charge on any atom is -0.299 e. The molecule has 0 spiro atoms. The van der Waals surface area contributed by atoms with Crippen LogP contribution in [0.1, 0.15) is 26.2 Å². The third-order valence-corrected chi connectivity index (χ3v) is 2.69. The summed E-state index contributed by atoms with van der Waals surface area (Å²) >= 11 is 2.96. The Kier molecular flexibility index (Phi) is 4.88. The van der Waals surface area contributed by atoms with Crippen LogP contribution in [0.5, 0.6) is 0 Å². The molecular weight excluding hydrogens is 261 g/mol. The Hall–Kier alpha value is -0.770. The second kappa shape index (κ2) is 5.95. The van der Waals surface area contributed by atoms with Crippen LogP contribution in [0.15, 0.2) is 22.9 Å². The van der Waals surface area contributed by atoms with Gasteiger partial charge in [0.25, 0.3) is 0 Å². The summed E-state index contributed by atoms with van der Waals surface area (Å²) in [5.41, 5.74) is 0. The van der Waals surface area contributed by atoms with E-state index in [4.69, 9.17) is 0 Å². The monoisotopic (exact) mass is 273 g/mol. The number of halogens is 2. The van der Waals surface area contributed by atoms with Crippen molar-refractivity contribution >= 4 is 21.7 Å². The molecular formula is C11H13BrFNO. The fourth-order valence-electron chi connectivity index (χ4n) is 1.05. The van der Waals surface area contributed by atoms with Gasteiger partial charge in [-0.1, -0.05) is 6.92 Å².